The first kappa shape index (κ1) is 21.1. The highest BCUT2D eigenvalue weighted by Crippen LogP contribution is 2.28. The maximum absolute atomic E-state index is 12.8. The third-order valence-corrected chi connectivity index (χ3v) is 6.64. The maximum Gasteiger partial charge on any atom is 0.339 e. The summed E-state index contributed by atoms with van der Waals surface area (Å²) < 4.78 is 39.3. The van der Waals surface area contributed by atoms with Crippen molar-refractivity contribution in [2.45, 2.75) is 30.8 Å². The molecule has 0 bridgehead atoms. The zero-order chi connectivity index (χ0) is 20.3. The first-order valence-corrected chi connectivity index (χ1v) is 11.3. The van der Waals surface area contributed by atoms with Crippen molar-refractivity contribution in [3.8, 4) is 0 Å². The molecule has 1 atom stereocenters. The number of anilines is 1. The molecule has 3 rings (SSSR count). The van der Waals surface area contributed by atoms with Crippen LogP contribution in [0.3, 0.4) is 0 Å². The monoisotopic (exact) mass is 487 g/mol. The molecule has 0 aromatic heterocycles. The van der Waals surface area contributed by atoms with Gasteiger partial charge >= 0.3 is 5.97 Å². The van der Waals surface area contributed by atoms with Crippen LogP contribution in [0.15, 0.2) is 45.8 Å². The molecule has 1 N–H and O–H groups in total. The Kier molecular flexibility index (Phi) is 6.65. The summed E-state index contributed by atoms with van der Waals surface area (Å²) >= 11 is 9.41. The summed E-state index contributed by atoms with van der Waals surface area (Å²) in [5.41, 5.74) is 1.29. The molecule has 1 fully saturated rings. The summed E-state index contributed by atoms with van der Waals surface area (Å²) in [6.45, 7) is 2.62. The molecular formula is C19H19BrClNO5S. The second-order valence-corrected chi connectivity index (χ2v) is 9.41. The van der Waals surface area contributed by atoms with Gasteiger partial charge in [-0.2, -0.15) is 0 Å². The summed E-state index contributed by atoms with van der Waals surface area (Å²) in [7, 11) is -3.93. The molecule has 1 heterocycles. The minimum atomic E-state index is -3.93. The van der Waals surface area contributed by atoms with Crippen molar-refractivity contribution in [1.82, 2.24) is 0 Å². The van der Waals surface area contributed by atoms with E-state index in [1.165, 1.54) is 18.2 Å². The van der Waals surface area contributed by atoms with Crippen molar-refractivity contribution in [2.24, 2.45) is 0 Å². The molecule has 6 nitrogen and oxygen atoms in total. The predicted molar refractivity (Wildman–Crippen MR) is 110 cm³/mol. The number of aryl methyl sites for hydroxylation is 1. The Morgan fingerprint density at radius 1 is 1.32 bits per heavy atom. The van der Waals surface area contributed by atoms with Crippen molar-refractivity contribution < 1.29 is 22.7 Å². The number of carbonyl (C=O) groups is 1. The topological polar surface area (TPSA) is 81.7 Å². The van der Waals surface area contributed by atoms with E-state index in [0.717, 1.165) is 18.4 Å². The van der Waals surface area contributed by atoms with Crippen LogP contribution in [0.4, 0.5) is 5.69 Å². The van der Waals surface area contributed by atoms with Gasteiger partial charge in [0.1, 0.15) is 6.61 Å². The molecule has 0 aliphatic carbocycles. The Balaban J connectivity index is 1.80. The molecule has 150 valence electrons. The summed E-state index contributed by atoms with van der Waals surface area (Å²) in [5, 5.41) is 0.119. The normalized spacial score (nSPS) is 16.8. The molecule has 2 aromatic rings. The molecule has 28 heavy (non-hydrogen) atoms. The highest BCUT2D eigenvalue weighted by atomic mass is 79.9. The van der Waals surface area contributed by atoms with Gasteiger partial charge in [0, 0.05) is 11.1 Å². The lowest BCUT2D eigenvalue weighted by Gasteiger charge is -2.13. The van der Waals surface area contributed by atoms with Gasteiger partial charge in [-0.3, -0.25) is 4.72 Å². The first-order chi connectivity index (χ1) is 13.3. The second kappa shape index (κ2) is 8.82. The van der Waals surface area contributed by atoms with E-state index in [1.807, 2.05) is 13.0 Å². The third kappa shape index (κ3) is 5.05. The zero-order valence-corrected chi connectivity index (χ0v) is 18.2. The lowest BCUT2D eigenvalue weighted by molar-refractivity contribution is 0.0161. The lowest BCUT2D eigenvalue weighted by atomic mass is 10.2. The Labute approximate surface area is 177 Å². The van der Waals surface area contributed by atoms with E-state index in [0.29, 0.717) is 16.8 Å². The van der Waals surface area contributed by atoms with Crippen LogP contribution in [0.1, 0.15) is 28.8 Å². The second-order valence-electron chi connectivity index (χ2n) is 6.46. The van der Waals surface area contributed by atoms with Crippen LogP contribution in [0.25, 0.3) is 0 Å². The van der Waals surface area contributed by atoms with Crippen molar-refractivity contribution in [3.63, 3.8) is 0 Å². The molecule has 1 saturated heterocycles. The molecule has 9 heteroatoms. The van der Waals surface area contributed by atoms with E-state index in [9.17, 15) is 13.2 Å². The fraction of sp³-hybridized carbons (Fsp3) is 0.316. The van der Waals surface area contributed by atoms with Crippen molar-refractivity contribution in [2.75, 3.05) is 17.9 Å². The van der Waals surface area contributed by atoms with Gasteiger partial charge in [-0.15, -0.1) is 0 Å². The number of halogens is 2. The van der Waals surface area contributed by atoms with E-state index in [1.54, 1.807) is 12.1 Å². The standard InChI is InChI=1S/C19H19BrClNO5S/c1-12-4-6-16(20)18(9-12)22-28(24,25)14-5-7-17(21)15(10-14)19(23)27-11-13-3-2-8-26-13/h4-7,9-10,13,22H,2-3,8,11H2,1H3/t13-/m0/s1. The van der Waals surface area contributed by atoms with Crippen LogP contribution in [0, 0.1) is 6.92 Å². The Morgan fingerprint density at radius 3 is 2.82 bits per heavy atom. The molecule has 0 amide bonds. The minimum Gasteiger partial charge on any atom is -0.459 e. The van der Waals surface area contributed by atoms with Gasteiger partial charge in [-0.05, 0) is 71.6 Å². The number of ether oxygens (including phenoxy) is 2. The number of nitrogens with one attached hydrogen (secondary N) is 1. The zero-order valence-electron chi connectivity index (χ0n) is 15.1. The number of hydrogen-bond donors (Lipinski definition) is 1. The van der Waals surface area contributed by atoms with E-state index in [4.69, 9.17) is 21.1 Å². The van der Waals surface area contributed by atoms with Crippen molar-refractivity contribution in [3.05, 3.63) is 57.0 Å². The van der Waals surface area contributed by atoms with Crippen LogP contribution >= 0.6 is 27.5 Å². The van der Waals surface area contributed by atoms with Gasteiger partial charge in [0.05, 0.1) is 27.3 Å². The Bertz CT molecular complexity index is 990. The minimum absolute atomic E-state index is 0.00848. The van der Waals surface area contributed by atoms with Crippen LogP contribution in [-0.2, 0) is 19.5 Å². The average molecular weight is 489 g/mol. The number of rotatable bonds is 6. The van der Waals surface area contributed by atoms with Crippen LogP contribution in [0.2, 0.25) is 5.02 Å². The molecule has 1 aliphatic rings. The maximum atomic E-state index is 12.8. The SMILES string of the molecule is Cc1ccc(Br)c(NS(=O)(=O)c2ccc(Cl)c(C(=O)OC[C@@H]3CCCO3)c2)c1. The fourth-order valence-electron chi connectivity index (χ4n) is 2.77. The number of carbonyl (C=O) groups excluding carboxylic acids is 1. The van der Waals surface area contributed by atoms with Crippen molar-refractivity contribution in [1.29, 1.82) is 0 Å². The Hall–Kier alpha value is -1.61. The molecule has 0 spiro atoms. The summed E-state index contributed by atoms with van der Waals surface area (Å²) in [4.78, 5) is 12.3. The van der Waals surface area contributed by atoms with E-state index >= 15 is 0 Å². The molecular weight excluding hydrogens is 470 g/mol. The summed E-state index contributed by atoms with van der Waals surface area (Å²) in [6, 6.07) is 9.23. The fourth-order valence-corrected chi connectivity index (χ4v) is 4.54. The summed E-state index contributed by atoms with van der Waals surface area (Å²) in [6.07, 6.45) is 1.62. The van der Waals surface area contributed by atoms with Crippen LogP contribution in [0.5, 0.6) is 0 Å². The molecule has 0 saturated carbocycles. The highest BCUT2D eigenvalue weighted by Gasteiger charge is 2.22. The molecule has 0 unspecified atom stereocenters. The van der Waals surface area contributed by atoms with Gasteiger partial charge in [0.2, 0.25) is 0 Å². The van der Waals surface area contributed by atoms with Crippen LogP contribution < -0.4 is 4.72 Å². The molecule has 0 radical (unpaired) electrons. The number of sulfonamides is 1. The lowest BCUT2D eigenvalue weighted by Crippen LogP contribution is -2.19. The predicted octanol–water partition coefficient (Wildman–Crippen LogP) is 4.55. The molecule has 2 aromatic carbocycles. The molecule has 1 aliphatic heterocycles. The van der Waals surface area contributed by atoms with Gasteiger partial charge < -0.3 is 9.47 Å². The third-order valence-electron chi connectivity index (χ3n) is 4.26. The number of hydrogen-bond acceptors (Lipinski definition) is 5. The van der Waals surface area contributed by atoms with E-state index in [-0.39, 0.29) is 28.2 Å². The summed E-state index contributed by atoms with van der Waals surface area (Å²) in [5.74, 6) is -0.686. The average Bonchev–Trinajstić information content (AvgIpc) is 3.16. The van der Waals surface area contributed by atoms with Gasteiger partial charge in [-0.25, -0.2) is 13.2 Å². The first-order valence-electron chi connectivity index (χ1n) is 8.63. The smallest absolute Gasteiger partial charge is 0.339 e. The van der Waals surface area contributed by atoms with Gasteiger partial charge in [-0.1, -0.05) is 17.7 Å². The van der Waals surface area contributed by atoms with Crippen molar-refractivity contribution >= 4 is 49.2 Å². The van der Waals surface area contributed by atoms with Crippen LogP contribution in [-0.4, -0.2) is 33.7 Å². The van der Waals surface area contributed by atoms with E-state index in [2.05, 4.69) is 20.7 Å². The quantitative estimate of drug-likeness (QED) is 0.603. The highest BCUT2D eigenvalue weighted by molar-refractivity contribution is 9.10. The van der Waals surface area contributed by atoms with Gasteiger partial charge in [0.15, 0.2) is 0 Å². The van der Waals surface area contributed by atoms with E-state index < -0.39 is 16.0 Å². The number of esters is 1. The van der Waals surface area contributed by atoms with Gasteiger partial charge in [0.25, 0.3) is 10.0 Å². The Morgan fingerprint density at radius 2 is 2.11 bits per heavy atom. The largest absolute Gasteiger partial charge is 0.459 e. The number of benzene rings is 2.